The third-order valence-electron chi connectivity index (χ3n) is 7.66. The molecule has 5 heteroatoms. The number of pyridine rings is 1. The predicted octanol–water partition coefficient (Wildman–Crippen LogP) is 7.81. The molecule has 39 heavy (non-hydrogen) atoms. The summed E-state index contributed by atoms with van der Waals surface area (Å²) in [4.78, 5) is 9.04. The van der Waals surface area contributed by atoms with Crippen LogP contribution in [-0.4, -0.2) is 16.6 Å². The fraction of sp³-hybridized carbons (Fsp3) is 0.118. The number of benzene rings is 4. The summed E-state index contributed by atoms with van der Waals surface area (Å²) in [7, 11) is 2.08. The number of para-hydroxylation sites is 3. The first-order chi connectivity index (χ1) is 18.5. The van der Waals surface area contributed by atoms with Gasteiger partial charge < -0.3 is 14.4 Å². The number of nitrogens with zero attached hydrogens (tertiary/aromatic N) is 4. The minimum Gasteiger partial charge on any atom is -0.504 e. The van der Waals surface area contributed by atoms with Gasteiger partial charge in [0.15, 0.2) is 0 Å². The zero-order valence-corrected chi connectivity index (χ0v) is 24.3. The average molecular weight is 687 g/mol. The van der Waals surface area contributed by atoms with Crippen molar-refractivity contribution < 1.29 is 21.1 Å². The molecule has 0 fully saturated rings. The van der Waals surface area contributed by atoms with Crippen LogP contribution in [0.15, 0.2) is 103 Å². The van der Waals surface area contributed by atoms with Gasteiger partial charge in [-0.1, -0.05) is 55.8 Å². The van der Waals surface area contributed by atoms with Crippen LogP contribution < -0.4 is 9.80 Å². The summed E-state index contributed by atoms with van der Waals surface area (Å²) in [6.45, 7) is 6.63. The molecule has 0 N–H and O–H groups in total. The van der Waals surface area contributed by atoms with Crippen LogP contribution in [-0.2, 0) is 26.5 Å². The summed E-state index contributed by atoms with van der Waals surface area (Å²) < 4.78 is 2.22. The van der Waals surface area contributed by atoms with Crippen molar-refractivity contribution in [1.29, 1.82) is 0 Å². The van der Waals surface area contributed by atoms with Crippen LogP contribution >= 0.6 is 0 Å². The molecule has 0 aliphatic carbocycles. The number of aromatic nitrogens is 2. The minimum atomic E-state index is -0.319. The van der Waals surface area contributed by atoms with Crippen LogP contribution in [0.4, 0.5) is 17.1 Å². The third kappa shape index (κ3) is 4.06. The van der Waals surface area contributed by atoms with E-state index in [0.29, 0.717) is 0 Å². The molecule has 0 bridgehead atoms. The molecule has 0 spiro atoms. The van der Waals surface area contributed by atoms with E-state index in [1.807, 2.05) is 18.3 Å². The Morgan fingerprint density at radius 1 is 0.718 bits per heavy atom. The van der Waals surface area contributed by atoms with Crippen molar-refractivity contribution in [3.05, 3.63) is 133 Å². The van der Waals surface area contributed by atoms with Crippen LogP contribution in [0.25, 0.3) is 27.6 Å². The first-order valence-electron chi connectivity index (χ1n) is 12.9. The Bertz CT molecular complexity index is 1810. The van der Waals surface area contributed by atoms with Crippen molar-refractivity contribution in [1.82, 2.24) is 9.55 Å². The molecule has 1 aliphatic rings. The molecule has 2 aromatic heterocycles. The summed E-state index contributed by atoms with van der Waals surface area (Å²) in [5, 5.41) is 2.38. The van der Waals surface area contributed by atoms with Gasteiger partial charge in [0, 0.05) is 44.2 Å². The van der Waals surface area contributed by atoms with Gasteiger partial charge in [-0.05, 0) is 48.2 Å². The second-order valence-corrected chi connectivity index (χ2v) is 10.3. The van der Waals surface area contributed by atoms with Gasteiger partial charge in [0.1, 0.15) is 5.82 Å². The minimum absolute atomic E-state index is 0. The molecule has 0 radical (unpaired) electrons. The first-order valence-corrected chi connectivity index (χ1v) is 12.9. The monoisotopic (exact) mass is 686 g/mol. The fourth-order valence-electron chi connectivity index (χ4n) is 5.54. The predicted molar refractivity (Wildman–Crippen MR) is 156 cm³/mol. The van der Waals surface area contributed by atoms with Gasteiger partial charge in [0.2, 0.25) is 0 Å². The summed E-state index contributed by atoms with van der Waals surface area (Å²) in [5.74, 6) is 0.894. The maximum absolute atomic E-state index is 4.68. The molecule has 7 rings (SSSR count). The van der Waals surface area contributed by atoms with Gasteiger partial charge in [-0.3, -0.25) is 0 Å². The molecule has 0 saturated carbocycles. The molecule has 0 atom stereocenters. The molecule has 196 valence electrons. The van der Waals surface area contributed by atoms with Crippen LogP contribution in [0.5, 0.6) is 0 Å². The van der Waals surface area contributed by atoms with Gasteiger partial charge in [-0.25, -0.2) is 4.98 Å². The second kappa shape index (κ2) is 9.70. The van der Waals surface area contributed by atoms with E-state index >= 15 is 0 Å². The van der Waals surface area contributed by atoms with Crippen LogP contribution in [0.3, 0.4) is 0 Å². The number of hydrogen-bond donors (Lipinski definition) is 0. The maximum Gasteiger partial charge on any atom is 0.135 e. The summed E-state index contributed by atoms with van der Waals surface area (Å²) in [5.41, 5.74) is 7.45. The second-order valence-electron chi connectivity index (χ2n) is 10.3. The molecule has 4 nitrogen and oxygen atoms in total. The molecular weight excluding hydrogens is 659 g/mol. The molecule has 6 aromatic rings. The molecule has 0 amide bonds. The Morgan fingerprint density at radius 3 is 2.28 bits per heavy atom. The number of hydrogen-bond acceptors (Lipinski definition) is 3. The number of fused-ring (bicyclic) bond motifs is 4. The zero-order chi connectivity index (χ0) is 25.9. The van der Waals surface area contributed by atoms with Crippen molar-refractivity contribution in [2.24, 2.45) is 0 Å². The third-order valence-corrected chi connectivity index (χ3v) is 7.66. The van der Waals surface area contributed by atoms with E-state index in [-0.39, 0.29) is 26.5 Å². The van der Waals surface area contributed by atoms with Gasteiger partial charge in [-0.2, -0.15) is 60.3 Å². The van der Waals surface area contributed by atoms with Crippen molar-refractivity contribution >= 4 is 38.9 Å². The molecular formula is C34H27N4Pt-3. The van der Waals surface area contributed by atoms with Crippen LogP contribution in [0.2, 0.25) is 0 Å². The van der Waals surface area contributed by atoms with E-state index in [0.717, 1.165) is 39.4 Å². The average Bonchev–Trinajstić information content (AvgIpc) is 3.48. The van der Waals surface area contributed by atoms with Crippen molar-refractivity contribution in [3.8, 4) is 5.82 Å². The van der Waals surface area contributed by atoms with Gasteiger partial charge in [0.05, 0.1) is 0 Å². The summed E-state index contributed by atoms with van der Waals surface area (Å²) in [6.07, 6.45) is 1.84. The van der Waals surface area contributed by atoms with Crippen LogP contribution in [0, 0.1) is 18.8 Å². The van der Waals surface area contributed by atoms with E-state index in [4.69, 9.17) is 0 Å². The molecule has 3 heterocycles. The topological polar surface area (TPSA) is 24.3 Å². The standard InChI is InChI=1S/C34H27N4.Pt/c1-34(2,24-11-10-12-26(21-24)37-23-36(3)30-15-6-7-16-31(30)37)25-18-19-28-27-13-4-5-14-29(27)38(32(28)22-25)33-17-8-9-20-35-33;/h4-20,23H,1-3H3;/q-3;. The Morgan fingerprint density at radius 2 is 1.46 bits per heavy atom. The van der Waals surface area contributed by atoms with E-state index in [1.165, 1.54) is 16.5 Å². The molecule has 0 saturated heterocycles. The normalized spacial score (nSPS) is 13.1. The SMILES string of the molecule is CN1[CH-]N(c2[c-]c(C(C)(C)c3[c-]c4c(cc3)c3ccccc3n4-c3ccccn3)ccc2)c2ccccc21.[Pt]. The molecule has 1 aliphatic heterocycles. The van der Waals surface area contributed by atoms with Gasteiger partial charge in [0.25, 0.3) is 0 Å². The van der Waals surface area contributed by atoms with Gasteiger partial charge in [-0.15, -0.1) is 11.1 Å². The van der Waals surface area contributed by atoms with Gasteiger partial charge >= 0.3 is 0 Å². The van der Waals surface area contributed by atoms with E-state index in [1.54, 1.807) is 0 Å². The smallest absolute Gasteiger partial charge is 0.135 e. The Kier molecular flexibility index (Phi) is 6.32. The van der Waals surface area contributed by atoms with Crippen molar-refractivity contribution in [3.63, 3.8) is 0 Å². The number of anilines is 3. The fourth-order valence-corrected chi connectivity index (χ4v) is 5.54. The Balaban J connectivity index is 0.00000277. The van der Waals surface area contributed by atoms with E-state index < -0.39 is 0 Å². The maximum atomic E-state index is 4.68. The quantitative estimate of drug-likeness (QED) is 0.177. The summed E-state index contributed by atoms with van der Waals surface area (Å²) in [6, 6.07) is 41.4. The van der Waals surface area contributed by atoms with Crippen molar-refractivity contribution in [2.45, 2.75) is 19.3 Å². The van der Waals surface area contributed by atoms with Crippen LogP contribution in [0.1, 0.15) is 25.0 Å². The molecule has 4 aromatic carbocycles. The largest absolute Gasteiger partial charge is 0.504 e. The molecule has 0 unspecified atom stereocenters. The van der Waals surface area contributed by atoms with E-state index in [2.05, 4.69) is 144 Å². The first kappa shape index (κ1) is 25.4. The zero-order valence-electron chi connectivity index (χ0n) is 22.0. The van der Waals surface area contributed by atoms with E-state index in [9.17, 15) is 0 Å². The summed E-state index contributed by atoms with van der Waals surface area (Å²) >= 11 is 0. The Hall–Kier alpha value is -3.88. The Labute approximate surface area is 243 Å². The number of rotatable bonds is 4. The van der Waals surface area contributed by atoms with Crippen molar-refractivity contribution in [2.75, 3.05) is 16.8 Å².